The van der Waals surface area contributed by atoms with Crippen LogP contribution in [0, 0.1) is 0 Å². The molecule has 1 atom stereocenters. The lowest BCUT2D eigenvalue weighted by Gasteiger charge is -2.24. The molecule has 5 rings (SSSR count). The second-order valence-electron chi connectivity index (χ2n) is 8.81. The first kappa shape index (κ1) is 25.2. The molecule has 37 heavy (non-hydrogen) atoms. The summed E-state index contributed by atoms with van der Waals surface area (Å²) in [6.07, 6.45) is 2.04. The molecule has 0 radical (unpaired) electrons. The van der Waals surface area contributed by atoms with Gasteiger partial charge in [-0.3, -0.25) is 0 Å². The fourth-order valence-corrected chi connectivity index (χ4v) is 6.99. The largest absolute Gasteiger partial charge is 0.497 e. The Hall–Kier alpha value is -3.50. The van der Waals surface area contributed by atoms with Crippen molar-refractivity contribution in [1.82, 2.24) is 4.31 Å². The summed E-state index contributed by atoms with van der Waals surface area (Å²) in [5.41, 5.74) is 2.96. The molecule has 2 aliphatic heterocycles. The molecule has 0 amide bonds. The molecule has 10 heteroatoms. The van der Waals surface area contributed by atoms with Crippen LogP contribution in [-0.2, 0) is 29.8 Å². The van der Waals surface area contributed by atoms with Gasteiger partial charge < -0.3 is 19.3 Å². The van der Waals surface area contributed by atoms with Gasteiger partial charge in [0.05, 0.1) is 27.0 Å². The van der Waals surface area contributed by atoms with Gasteiger partial charge in [0, 0.05) is 21.8 Å². The van der Waals surface area contributed by atoms with Crippen molar-refractivity contribution < 1.29 is 27.7 Å². The zero-order valence-corrected chi connectivity index (χ0v) is 22.4. The highest BCUT2D eigenvalue weighted by Crippen LogP contribution is 2.46. The summed E-state index contributed by atoms with van der Waals surface area (Å²) < 4.78 is 46.3. The van der Waals surface area contributed by atoms with E-state index >= 15 is 0 Å². The quantitative estimate of drug-likeness (QED) is 0.418. The first-order valence-corrected chi connectivity index (χ1v) is 14.0. The Morgan fingerprint density at radius 1 is 1.03 bits per heavy atom. The van der Waals surface area contributed by atoms with Crippen LogP contribution in [0.25, 0.3) is 0 Å². The van der Waals surface area contributed by atoms with Crippen LogP contribution in [0.3, 0.4) is 0 Å². The van der Waals surface area contributed by atoms with Crippen LogP contribution in [0.4, 0.5) is 5.69 Å². The summed E-state index contributed by atoms with van der Waals surface area (Å²) in [6, 6.07) is 18.5. The fourth-order valence-electron chi connectivity index (χ4n) is 4.41. The Balaban J connectivity index is 1.49. The van der Waals surface area contributed by atoms with Gasteiger partial charge in [0.15, 0.2) is 0 Å². The maximum atomic E-state index is 13.7. The van der Waals surface area contributed by atoms with Gasteiger partial charge in [-0.05, 0) is 41.8 Å². The first-order chi connectivity index (χ1) is 17.8. The highest BCUT2D eigenvalue weighted by molar-refractivity contribution is 8.00. The molecule has 0 aromatic heterocycles. The van der Waals surface area contributed by atoms with Gasteiger partial charge in [-0.15, -0.1) is 11.8 Å². The van der Waals surface area contributed by atoms with Crippen LogP contribution in [0.15, 0.2) is 77.6 Å². The predicted octanol–water partition coefficient (Wildman–Crippen LogP) is 5.24. The molecule has 0 spiro atoms. The predicted molar refractivity (Wildman–Crippen MR) is 143 cm³/mol. The van der Waals surface area contributed by atoms with E-state index in [-0.39, 0.29) is 13.2 Å². The number of nitrogens with zero attached hydrogens (tertiary/aromatic N) is 2. The van der Waals surface area contributed by atoms with Gasteiger partial charge in [-0.1, -0.05) is 37.3 Å². The molecule has 1 unspecified atom stereocenters. The van der Waals surface area contributed by atoms with Crippen molar-refractivity contribution in [1.29, 1.82) is 0 Å². The molecule has 0 saturated heterocycles. The number of aliphatic hydroxyl groups excluding tert-OH is 1. The maximum Gasteiger partial charge on any atom is 0.333 e. The fraction of sp³-hybridized carbons (Fsp3) is 0.259. The highest BCUT2D eigenvalue weighted by Gasteiger charge is 2.40. The molecule has 3 aromatic rings. The lowest BCUT2D eigenvalue weighted by atomic mass is 10.1. The van der Waals surface area contributed by atoms with Gasteiger partial charge in [-0.25, -0.2) is 8.61 Å². The van der Waals surface area contributed by atoms with Crippen LogP contribution in [0.2, 0.25) is 0 Å². The van der Waals surface area contributed by atoms with Crippen molar-refractivity contribution in [2.45, 2.75) is 36.6 Å². The number of ether oxygens (including phenoxy) is 3. The summed E-state index contributed by atoms with van der Waals surface area (Å²) in [5.74, 6) is 1.07. The van der Waals surface area contributed by atoms with Crippen molar-refractivity contribution in [3.05, 3.63) is 89.4 Å². The number of thioether (sulfide) groups is 1. The minimum atomic E-state index is -4.15. The van der Waals surface area contributed by atoms with Gasteiger partial charge in [-0.2, -0.15) is 8.42 Å². The average molecular weight is 541 g/mol. The molecule has 8 nitrogen and oxygen atoms in total. The summed E-state index contributed by atoms with van der Waals surface area (Å²) >= 11 is 1.74. The average Bonchev–Trinajstić information content (AvgIpc) is 3.37. The van der Waals surface area contributed by atoms with E-state index in [1.165, 1.54) is 13.3 Å². The summed E-state index contributed by atoms with van der Waals surface area (Å²) in [5, 5.41) is 11.2. The van der Waals surface area contributed by atoms with E-state index < -0.39 is 16.1 Å². The van der Waals surface area contributed by atoms with E-state index in [0.717, 1.165) is 31.1 Å². The first-order valence-electron chi connectivity index (χ1n) is 11.7. The van der Waals surface area contributed by atoms with Crippen molar-refractivity contribution in [3.63, 3.8) is 0 Å². The van der Waals surface area contributed by atoms with Crippen molar-refractivity contribution >= 4 is 27.7 Å². The van der Waals surface area contributed by atoms with Gasteiger partial charge >= 0.3 is 10.2 Å². The van der Waals surface area contributed by atoms with Gasteiger partial charge in [0.25, 0.3) is 0 Å². The SMILES string of the molecule is COc1ccc(CN2C(O)=CN(c3cc4c(cc3OCc3ccccc3)SC(C)C4)S2(=O)=O)c(OC)c1. The topological polar surface area (TPSA) is 88.5 Å². The van der Waals surface area contributed by atoms with E-state index in [4.69, 9.17) is 14.2 Å². The summed E-state index contributed by atoms with van der Waals surface area (Å²) in [7, 11) is -1.12. The van der Waals surface area contributed by atoms with Gasteiger partial charge in [0.2, 0.25) is 5.88 Å². The molecule has 194 valence electrons. The van der Waals surface area contributed by atoms with Crippen LogP contribution in [0.1, 0.15) is 23.6 Å². The highest BCUT2D eigenvalue weighted by atomic mass is 32.2. The molecule has 0 bridgehead atoms. The zero-order valence-electron chi connectivity index (χ0n) is 20.7. The van der Waals surface area contributed by atoms with Crippen molar-refractivity contribution in [3.8, 4) is 17.2 Å². The number of rotatable bonds is 8. The monoisotopic (exact) mass is 540 g/mol. The molecule has 0 fully saturated rings. The molecule has 0 aliphatic carbocycles. The minimum Gasteiger partial charge on any atom is -0.497 e. The third-order valence-corrected chi connectivity index (χ3v) is 9.15. The van der Waals surface area contributed by atoms with E-state index in [0.29, 0.717) is 33.7 Å². The molecular formula is C27H28N2O6S2. The van der Waals surface area contributed by atoms with Crippen LogP contribution < -0.4 is 18.5 Å². The van der Waals surface area contributed by atoms with E-state index in [1.807, 2.05) is 42.5 Å². The normalized spacial score (nSPS) is 17.9. The number of hydrogen-bond donors (Lipinski definition) is 1. The van der Waals surface area contributed by atoms with Crippen LogP contribution in [0.5, 0.6) is 17.2 Å². The lowest BCUT2D eigenvalue weighted by Crippen LogP contribution is -2.34. The molecule has 3 aromatic carbocycles. The lowest BCUT2D eigenvalue weighted by molar-refractivity contribution is 0.281. The minimum absolute atomic E-state index is 0.119. The van der Waals surface area contributed by atoms with E-state index in [2.05, 4.69) is 6.92 Å². The standard InChI is InChI=1S/C27H28N2O6S2/c1-18-11-21-12-23(25(14-26(21)36-18)35-17-19-7-5-4-6-8-19)28-16-27(30)29(37(28,31)32)15-20-9-10-22(33-2)13-24(20)34-3/h4-10,12-14,16,18,30H,11,15,17H2,1-3H3. The summed E-state index contributed by atoms with van der Waals surface area (Å²) in [4.78, 5) is 1.07. The van der Waals surface area contributed by atoms with Crippen molar-refractivity contribution in [2.24, 2.45) is 0 Å². The molecule has 2 aliphatic rings. The summed E-state index contributed by atoms with van der Waals surface area (Å²) in [6.45, 7) is 2.30. The second-order valence-corrected chi connectivity index (χ2v) is 12.0. The Labute approximate surface area is 221 Å². The second kappa shape index (κ2) is 10.1. The Kier molecular flexibility index (Phi) is 6.87. The maximum absolute atomic E-state index is 13.7. The molecular weight excluding hydrogens is 512 g/mol. The smallest absolute Gasteiger partial charge is 0.333 e. The Bertz CT molecular complexity index is 1440. The number of fused-ring (bicyclic) bond motifs is 1. The van der Waals surface area contributed by atoms with Crippen molar-refractivity contribution in [2.75, 3.05) is 18.5 Å². The third-order valence-electron chi connectivity index (χ3n) is 6.28. The number of methoxy groups -OCH3 is 2. The van der Waals surface area contributed by atoms with Crippen LogP contribution in [-0.4, -0.2) is 37.3 Å². The Morgan fingerprint density at radius 2 is 1.81 bits per heavy atom. The molecule has 0 saturated carbocycles. The molecule has 2 heterocycles. The van der Waals surface area contributed by atoms with E-state index in [9.17, 15) is 13.5 Å². The number of hydrogen-bond acceptors (Lipinski definition) is 7. The van der Waals surface area contributed by atoms with Crippen LogP contribution >= 0.6 is 11.8 Å². The number of benzene rings is 3. The third kappa shape index (κ3) is 4.91. The Morgan fingerprint density at radius 3 is 2.54 bits per heavy atom. The van der Waals surface area contributed by atoms with Gasteiger partial charge in [0.1, 0.15) is 29.5 Å². The van der Waals surface area contributed by atoms with E-state index in [1.54, 1.807) is 37.1 Å². The zero-order chi connectivity index (χ0) is 26.2. The number of anilines is 1. The molecule has 1 N–H and O–H groups in total. The number of aliphatic hydroxyl groups is 1.